The predicted octanol–water partition coefficient (Wildman–Crippen LogP) is 1.93. The molecule has 0 aliphatic rings. The molecule has 2 aromatic rings. The van der Waals surface area contributed by atoms with Crippen molar-refractivity contribution in [1.29, 1.82) is 5.26 Å². The van der Waals surface area contributed by atoms with Crippen molar-refractivity contribution in [2.45, 2.75) is 13.5 Å². The highest BCUT2D eigenvalue weighted by atomic mass is 16.4. The molecule has 0 aliphatic carbocycles. The molecule has 1 heterocycles. The molecule has 0 unspecified atom stereocenters. The first-order valence-electron chi connectivity index (χ1n) is 6.41. The zero-order valence-corrected chi connectivity index (χ0v) is 12.2. The van der Waals surface area contributed by atoms with Crippen LogP contribution < -0.4 is 4.90 Å². The van der Waals surface area contributed by atoms with Gasteiger partial charge in [-0.05, 0) is 24.6 Å². The highest BCUT2D eigenvalue weighted by Gasteiger charge is 2.16. The van der Waals surface area contributed by atoms with Crippen LogP contribution in [0, 0.1) is 18.3 Å². The van der Waals surface area contributed by atoms with E-state index >= 15 is 0 Å². The standard InChI is InChI=1S/C15H16N4O2/c1-10-13(8-16)14(19(3)17-10)18(2)9-11-4-6-12(7-5-11)15(20)21/h4-7H,9H2,1-3H3,(H,20,21). The van der Waals surface area contributed by atoms with E-state index in [1.54, 1.807) is 42.9 Å². The van der Waals surface area contributed by atoms with E-state index in [1.165, 1.54) is 0 Å². The van der Waals surface area contributed by atoms with Gasteiger partial charge in [0.05, 0.1) is 11.3 Å². The number of benzene rings is 1. The molecule has 2 rings (SSSR count). The average Bonchev–Trinajstić information content (AvgIpc) is 2.73. The fraction of sp³-hybridized carbons (Fsp3) is 0.267. The monoisotopic (exact) mass is 284 g/mol. The summed E-state index contributed by atoms with van der Waals surface area (Å²) in [7, 11) is 3.68. The minimum atomic E-state index is -0.941. The number of aromatic nitrogens is 2. The van der Waals surface area contributed by atoms with Gasteiger partial charge in [-0.3, -0.25) is 4.68 Å². The van der Waals surface area contributed by atoms with E-state index in [0.717, 1.165) is 11.4 Å². The normalized spacial score (nSPS) is 10.2. The van der Waals surface area contributed by atoms with E-state index in [2.05, 4.69) is 11.2 Å². The Morgan fingerprint density at radius 3 is 2.57 bits per heavy atom. The number of carboxylic acids is 1. The van der Waals surface area contributed by atoms with Crippen LogP contribution in [0.15, 0.2) is 24.3 Å². The minimum absolute atomic E-state index is 0.260. The van der Waals surface area contributed by atoms with Crippen molar-refractivity contribution in [2.75, 3.05) is 11.9 Å². The van der Waals surface area contributed by atoms with Gasteiger partial charge in [0.2, 0.25) is 0 Å². The van der Waals surface area contributed by atoms with E-state index in [1.807, 2.05) is 11.9 Å². The van der Waals surface area contributed by atoms with Crippen LogP contribution in [0.4, 0.5) is 5.82 Å². The van der Waals surface area contributed by atoms with Crippen LogP contribution >= 0.6 is 0 Å². The number of rotatable bonds is 4. The summed E-state index contributed by atoms with van der Waals surface area (Å²) in [6.07, 6.45) is 0. The third kappa shape index (κ3) is 2.87. The van der Waals surface area contributed by atoms with Crippen molar-refractivity contribution in [3.05, 3.63) is 46.6 Å². The Morgan fingerprint density at radius 1 is 1.43 bits per heavy atom. The van der Waals surface area contributed by atoms with Crippen LogP contribution in [0.5, 0.6) is 0 Å². The molecule has 0 aliphatic heterocycles. The molecule has 1 N–H and O–H groups in total. The topological polar surface area (TPSA) is 82.2 Å². The van der Waals surface area contributed by atoms with Gasteiger partial charge < -0.3 is 10.0 Å². The number of aryl methyl sites for hydroxylation is 2. The van der Waals surface area contributed by atoms with Gasteiger partial charge in [0, 0.05) is 20.6 Å². The van der Waals surface area contributed by atoms with Gasteiger partial charge in [-0.25, -0.2) is 4.79 Å². The fourth-order valence-corrected chi connectivity index (χ4v) is 2.32. The van der Waals surface area contributed by atoms with Crippen molar-refractivity contribution in [1.82, 2.24) is 9.78 Å². The van der Waals surface area contributed by atoms with E-state index in [4.69, 9.17) is 5.11 Å². The van der Waals surface area contributed by atoms with Crippen molar-refractivity contribution < 1.29 is 9.90 Å². The number of carboxylic acid groups (broad SMARTS) is 1. The second-order valence-corrected chi connectivity index (χ2v) is 4.88. The van der Waals surface area contributed by atoms with Gasteiger partial charge in [-0.15, -0.1) is 0 Å². The Hall–Kier alpha value is -2.81. The molecule has 1 aromatic carbocycles. The lowest BCUT2D eigenvalue weighted by molar-refractivity contribution is 0.0697. The molecule has 21 heavy (non-hydrogen) atoms. The molecular weight excluding hydrogens is 268 g/mol. The molecule has 6 heteroatoms. The number of anilines is 1. The van der Waals surface area contributed by atoms with Gasteiger partial charge in [-0.2, -0.15) is 10.4 Å². The number of aromatic carboxylic acids is 1. The summed E-state index contributed by atoms with van der Waals surface area (Å²) in [6.45, 7) is 2.37. The maximum atomic E-state index is 10.8. The van der Waals surface area contributed by atoms with Crippen LogP contribution in [-0.2, 0) is 13.6 Å². The van der Waals surface area contributed by atoms with Gasteiger partial charge in [0.15, 0.2) is 0 Å². The van der Waals surface area contributed by atoms with Crippen LogP contribution in [0.3, 0.4) is 0 Å². The Kier molecular flexibility index (Phi) is 3.94. The van der Waals surface area contributed by atoms with Crippen LogP contribution in [0.2, 0.25) is 0 Å². The molecule has 6 nitrogen and oxygen atoms in total. The molecule has 1 aromatic heterocycles. The lowest BCUT2D eigenvalue weighted by Crippen LogP contribution is -2.20. The number of nitrogens with zero attached hydrogens (tertiary/aromatic N) is 4. The van der Waals surface area contributed by atoms with Crippen LogP contribution in [0.25, 0.3) is 0 Å². The van der Waals surface area contributed by atoms with Gasteiger partial charge in [0.1, 0.15) is 17.5 Å². The minimum Gasteiger partial charge on any atom is -0.478 e. The maximum Gasteiger partial charge on any atom is 0.335 e. The second-order valence-electron chi connectivity index (χ2n) is 4.88. The Bertz CT molecular complexity index is 711. The molecule has 0 spiro atoms. The highest BCUT2D eigenvalue weighted by Crippen LogP contribution is 2.22. The molecule has 0 saturated carbocycles. The molecule has 0 radical (unpaired) electrons. The summed E-state index contributed by atoms with van der Waals surface area (Å²) < 4.78 is 1.68. The predicted molar refractivity (Wildman–Crippen MR) is 78.2 cm³/mol. The average molecular weight is 284 g/mol. The van der Waals surface area contributed by atoms with Crippen molar-refractivity contribution in [3.8, 4) is 6.07 Å². The molecule has 0 bridgehead atoms. The first-order valence-corrected chi connectivity index (χ1v) is 6.41. The Balaban J connectivity index is 2.24. The summed E-state index contributed by atoms with van der Waals surface area (Å²) in [5.41, 5.74) is 2.48. The molecule has 0 saturated heterocycles. The lowest BCUT2D eigenvalue weighted by atomic mass is 10.1. The molecular formula is C15H16N4O2. The zero-order chi connectivity index (χ0) is 15.6. The smallest absolute Gasteiger partial charge is 0.335 e. The van der Waals surface area contributed by atoms with E-state index in [-0.39, 0.29) is 5.56 Å². The molecule has 0 amide bonds. The lowest BCUT2D eigenvalue weighted by Gasteiger charge is -2.19. The Morgan fingerprint density at radius 2 is 2.05 bits per heavy atom. The Labute approximate surface area is 122 Å². The first kappa shape index (κ1) is 14.6. The third-order valence-corrected chi connectivity index (χ3v) is 3.29. The highest BCUT2D eigenvalue weighted by molar-refractivity contribution is 5.87. The zero-order valence-electron chi connectivity index (χ0n) is 12.2. The summed E-state index contributed by atoms with van der Waals surface area (Å²) in [5, 5.41) is 22.4. The fourth-order valence-electron chi connectivity index (χ4n) is 2.32. The quantitative estimate of drug-likeness (QED) is 0.927. The summed E-state index contributed by atoms with van der Waals surface area (Å²) >= 11 is 0. The van der Waals surface area contributed by atoms with Crippen molar-refractivity contribution in [3.63, 3.8) is 0 Å². The van der Waals surface area contributed by atoms with Gasteiger partial charge in [0.25, 0.3) is 0 Å². The first-order chi connectivity index (χ1) is 9.93. The largest absolute Gasteiger partial charge is 0.478 e. The second kappa shape index (κ2) is 5.67. The van der Waals surface area contributed by atoms with Crippen LogP contribution in [0.1, 0.15) is 27.2 Å². The number of hydrogen-bond donors (Lipinski definition) is 1. The van der Waals surface area contributed by atoms with E-state index < -0.39 is 5.97 Å². The van der Waals surface area contributed by atoms with Crippen molar-refractivity contribution in [2.24, 2.45) is 7.05 Å². The molecule has 0 fully saturated rings. The SMILES string of the molecule is Cc1nn(C)c(N(C)Cc2ccc(C(=O)O)cc2)c1C#N. The van der Waals surface area contributed by atoms with Crippen molar-refractivity contribution >= 4 is 11.8 Å². The molecule has 0 atom stereocenters. The summed E-state index contributed by atoms with van der Waals surface area (Å²) in [4.78, 5) is 12.8. The van der Waals surface area contributed by atoms with E-state index in [9.17, 15) is 10.1 Å². The summed E-state index contributed by atoms with van der Waals surface area (Å²) in [6, 6.07) is 8.87. The molecule has 108 valence electrons. The van der Waals surface area contributed by atoms with Crippen LogP contribution in [-0.4, -0.2) is 27.9 Å². The van der Waals surface area contributed by atoms with Gasteiger partial charge >= 0.3 is 5.97 Å². The number of carbonyl (C=O) groups is 1. The van der Waals surface area contributed by atoms with E-state index in [0.29, 0.717) is 17.8 Å². The number of hydrogen-bond acceptors (Lipinski definition) is 4. The third-order valence-electron chi connectivity index (χ3n) is 3.29. The summed E-state index contributed by atoms with van der Waals surface area (Å²) in [5.74, 6) is -0.193. The van der Waals surface area contributed by atoms with Gasteiger partial charge in [-0.1, -0.05) is 12.1 Å². The number of nitriles is 1. The maximum absolute atomic E-state index is 10.8.